The molecule has 2 aromatic rings. The van der Waals surface area contributed by atoms with Gasteiger partial charge in [-0.25, -0.2) is 0 Å². The van der Waals surface area contributed by atoms with Crippen LogP contribution in [-0.4, -0.2) is 24.8 Å². The number of nitrogens with one attached hydrogen (secondary N) is 1. The fourth-order valence-electron chi connectivity index (χ4n) is 2.99. The molecule has 2 aromatic carbocycles. The maximum atomic E-state index is 6.13. The van der Waals surface area contributed by atoms with Gasteiger partial charge in [0.1, 0.15) is 0 Å². The summed E-state index contributed by atoms with van der Waals surface area (Å²) in [5.74, 6) is 0. The third kappa shape index (κ3) is 2.80. The summed E-state index contributed by atoms with van der Waals surface area (Å²) in [6, 6.07) is 15.2. The summed E-state index contributed by atoms with van der Waals surface area (Å²) in [7, 11) is 0. The van der Waals surface area contributed by atoms with E-state index in [4.69, 9.17) is 4.74 Å². The Morgan fingerprint density at radius 1 is 1.21 bits per heavy atom. The summed E-state index contributed by atoms with van der Waals surface area (Å²) >= 11 is 0. The monoisotopic (exact) mass is 255 g/mol. The molecule has 0 aliphatic carbocycles. The fourth-order valence-corrected chi connectivity index (χ4v) is 2.99. The van der Waals surface area contributed by atoms with Crippen molar-refractivity contribution < 1.29 is 4.74 Å². The molecule has 2 heteroatoms. The van der Waals surface area contributed by atoms with E-state index >= 15 is 0 Å². The number of fused-ring (bicyclic) bond motifs is 1. The third-order valence-electron chi connectivity index (χ3n) is 3.81. The predicted molar refractivity (Wildman–Crippen MR) is 79.5 cm³/mol. The first kappa shape index (κ1) is 12.6. The molecule has 100 valence electrons. The van der Waals surface area contributed by atoms with Crippen LogP contribution in [0, 0.1) is 0 Å². The van der Waals surface area contributed by atoms with Crippen LogP contribution in [0.1, 0.15) is 19.4 Å². The molecular weight excluding hydrogens is 234 g/mol. The van der Waals surface area contributed by atoms with Crippen molar-refractivity contribution in [3.05, 3.63) is 48.0 Å². The van der Waals surface area contributed by atoms with Gasteiger partial charge in [-0.2, -0.15) is 0 Å². The number of rotatable bonds is 2. The number of hydrogen-bond acceptors (Lipinski definition) is 2. The number of ether oxygens (including phenoxy) is 1. The van der Waals surface area contributed by atoms with Crippen LogP contribution in [0.15, 0.2) is 42.5 Å². The Kier molecular flexibility index (Phi) is 3.29. The maximum absolute atomic E-state index is 6.13. The van der Waals surface area contributed by atoms with Crippen molar-refractivity contribution in [3.8, 4) is 0 Å². The fraction of sp³-hybridized carbons (Fsp3) is 0.412. The Hall–Kier alpha value is -1.38. The Morgan fingerprint density at radius 2 is 2.00 bits per heavy atom. The van der Waals surface area contributed by atoms with Gasteiger partial charge in [0.2, 0.25) is 0 Å². The van der Waals surface area contributed by atoms with E-state index in [9.17, 15) is 0 Å². The molecule has 0 radical (unpaired) electrons. The highest BCUT2D eigenvalue weighted by Gasteiger charge is 2.31. The van der Waals surface area contributed by atoms with Crippen LogP contribution in [0.2, 0.25) is 0 Å². The van der Waals surface area contributed by atoms with E-state index in [-0.39, 0.29) is 5.60 Å². The van der Waals surface area contributed by atoms with E-state index in [0.29, 0.717) is 6.10 Å². The van der Waals surface area contributed by atoms with Crippen molar-refractivity contribution in [2.24, 2.45) is 0 Å². The molecule has 0 bridgehead atoms. The molecule has 1 fully saturated rings. The summed E-state index contributed by atoms with van der Waals surface area (Å²) < 4.78 is 6.13. The van der Waals surface area contributed by atoms with Gasteiger partial charge >= 0.3 is 0 Å². The lowest BCUT2D eigenvalue weighted by atomic mass is 9.93. The van der Waals surface area contributed by atoms with Gasteiger partial charge in [0.15, 0.2) is 0 Å². The second-order valence-electron chi connectivity index (χ2n) is 5.87. The molecule has 2 atom stereocenters. The summed E-state index contributed by atoms with van der Waals surface area (Å²) in [6.45, 7) is 6.20. The Morgan fingerprint density at radius 3 is 2.79 bits per heavy atom. The van der Waals surface area contributed by atoms with Crippen molar-refractivity contribution in [2.75, 3.05) is 13.1 Å². The summed E-state index contributed by atoms with van der Waals surface area (Å²) in [6.07, 6.45) is 1.24. The molecule has 0 spiro atoms. The molecule has 2 nitrogen and oxygen atoms in total. The van der Waals surface area contributed by atoms with E-state index in [2.05, 4.69) is 61.6 Å². The zero-order valence-corrected chi connectivity index (χ0v) is 11.6. The second kappa shape index (κ2) is 4.95. The summed E-state index contributed by atoms with van der Waals surface area (Å²) in [5.41, 5.74) is 1.25. The smallest absolute Gasteiger partial charge is 0.0822 e. The van der Waals surface area contributed by atoms with Gasteiger partial charge in [-0.1, -0.05) is 42.5 Å². The second-order valence-corrected chi connectivity index (χ2v) is 5.87. The SMILES string of the molecule is CC1CNCC(C)(Cc2ccc3ccccc3c2)O1. The normalized spacial score (nSPS) is 27.6. The molecule has 1 heterocycles. The maximum Gasteiger partial charge on any atom is 0.0822 e. The summed E-state index contributed by atoms with van der Waals surface area (Å²) in [4.78, 5) is 0. The van der Waals surface area contributed by atoms with Gasteiger partial charge in [0.25, 0.3) is 0 Å². The van der Waals surface area contributed by atoms with E-state index in [1.807, 2.05) is 0 Å². The molecule has 1 aliphatic rings. The molecule has 1 N–H and O–H groups in total. The molecule has 1 aliphatic heterocycles. The predicted octanol–water partition coefficient (Wildman–Crippen LogP) is 3.15. The Balaban J connectivity index is 1.84. The lowest BCUT2D eigenvalue weighted by molar-refractivity contribution is -0.0964. The Labute approximate surface area is 114 Å². The lowest BCUT2D eigenvalue weighted by Gasteiger charge is -2.38. The van der Waals surface area contributed by atoms with Crippen molar-refractivity contribution in [3.63, 3.8) is 0 Å². The largest absolute Gasteiger partial charge is 0.369 e. The molecular formula is C17H21NO. The minimum absolute atomic E-state index is 0.0971. The van der Waals surface area contributed by atoms with Crippen LogP contribution in [-0.2, 0) is 11.2 Å². The van der Waals surface area contributed by atoms with Gasteiger partial charge in [0.05, 0.1) is 11.7 Å². The van der Waals surface area contributed by atoms with Crippen LogP contribution < -0.4 is 5.32 Å². The minimum Gasteiger partial charge on any atom is -0.369 e. The lowest BCUT2D eigenvalue weighted by Crippen LogP contribution is -2.52. The van der Waals surface area contributed by atoms with Crippen molar-refractivity contribution in [2.45, 2.75) is 32.0 Å². The first-order valence-electron chi connectivity index (χ1n) is 7.01. The highest BCUT2D eigenvalue weighted by molar-refractivity contribution is 5.83. The van der Waals surface area contributed by atoms with E-state index < -0.39 is 0 Å². The molecule has 0 saturated carbocycles. The first-order valence-corrected chi connectivity index (χ1v) is 7.01. The standard InChI is InChI=1S/C17H21NO/c1-13-11-18-12-17(2,19-13)10-14-7-8-15-5-3-4-6-16(15)9-14/h3-9,13,18H,10-12H2,1-2H3. The van der Waals surface area contributed by atoms with Gasteiger partial charge < -0.3 is 10.1 Å². The van der Waals surface area contributed by atoms with E-state index in [1.165, 1.54) is 16.3 Å². The van der Waals surface area contributed by atoms with Gasteiger partial charge in [0, 0.05) is 19.5 Å². The van der Waals surface area contributed by atoms with Gasteiger partial charge in [-0.15, -0.1) is 0 Å². The highest BCUT2D eigenvalue weighted by atomic mass is 16.5. The molecule has 0 aromatic heterocycles. The zero-order chi connectivity index (χ0) is 13.3. The number of hydrogen-bond donors (Lipinski definition) is 1. The van der Waals surface area contributed by atoms with Gasteiger partial charge in [-0.3, -0.25) is 0 Å². The van der Waals surface area contributed by atoms with E-state index in [1.54, 1.807) is 0 Å². The molecule has 1 saturated heterocycles. The van der Waals surface area contributed by atoms with Crippen LogP contribution >= 0.6 is 0 Å². The quantitative estimate of drug-likeness (QED) is 0.890. The average molecular weight is 255 g/mol. The van der Waals surface area contributed by atoms with Crippen LogP contribution in [0.3, 0.4) is 0 Å². The van der Waals surface area contributed by atoms with Crippen molar-refractivity contribution in [1.82, 2.24) is 5.32 Å². The van der Waals surface area contributed by atoms with Crippen LogP contribution in [0.5, 0.6) is 0 Å². The van der Waals surface area contributed by atoms with Crippen LogP contribution in [0.25, 0.3) is 10.8 Å². The van der Waals surface area contributed by atoms with Gasteiger partial charge in [-0.05, 0) is 30.2 Å². The summed E-state index contributed by atoms with van der Waals surface area (Å²) in [5, 5.41) is 6.06. The van der Waals surface area contributed by atoms with Crippen LogP contribution in [0.4, 0.5) is 0 Å². The first-order chi connectivity index (χ1) is 9.15. The Bertz CT molecular complexity index is 580. The number of benzene rings is 2. The molecule has 3 rings (SSSR count). The minimum atomic E-state index is -0.0971. The zero-order valence-electron chi connectivity index (χ0n) is 11.6. The molecule has 2 unspecified atom stereocenters. The van der Waals surface area contributed by atoms with Crippen molar-refractivity contribution in [1.29, 1.82) is 0 Å². The highest BCUT2D eigenvalue weighted by Crippen LogP contribution is 2.24. The number of morpholine rings is 1. The van der Waals surface area contributed by atoms with E-state index in [0.717, 1.165) is 19.5 Å². The molecule has 19 heavy (non-hydrogen) atoms. The van der Waals surface area contributed by atoms with Crippen molar-refractivity contribution >= 4 is 10.8 Å². The topological polar surface area (TPSA) is 21.3 Å². The third-order valence-corrected chi connectivity index (χ3v) is 3.81. The average Bonchev–Trinajstić information content (AvgIpc) is 2.38. The molecule has 0 amide bonds.